The maximum absolute atomic E-state index is 11.5. The second-order valence-corrected chi connectivity index (χ2v) is 8.51. The van der Waals surface area contributed by atoms with Crippen molar-refractivity contribution in [3.8, 4) is 5.75 Å². The summed E-state index contributed by atoms with van der Waals surface area (Å²) >= 11 is 0. The highest BCUT2D eigenvalue weighted by atomic mass is 16.7. The number of carboxylic acid groups (broad SMARTS) is 1. The molecule has 1 heterocycles. The standard InChI is InChI=1S/C21H31NO8/c1-22(2)11-13-6-3-4-9-21(13,28)12-7-5-8-14(10-12)29-20-17(25)15(23)16(24)18(30-20)19(26)27/h5,7-8,10,13,15-18,20,23-25,28H,3-4,6,9,11H2,1-2H3,(H,26,27)/t13-,15-,16-,17-,18+,20+,21+/m0/s1. The lowest BCUT2D eigenvalue weighted by Crippen LogP contribution is -2.61. The van der Waals surface area contributed by atoms with Crippen molar-refractivity contribution in [3.05, 3.63) is 29.8 Å². The van der Waals surface area contributed by atoms with Crippen LogP contribution in [0.25, 0.3) is 0 Å². The van der Waals surface area contributed by atoms with E-state index in [2.05, 4.69) is 0 Å². The van der Waals surface area contributed by atoms with Crippen LogP contribution in [0.1, 0.15) is 31.2 Å². The molecule has 1 saturated carbocycles. The Labute approximate surface area is 175 Å². The minimum atomic E-state index is -1.78. The van der Waals surface area contributed by atoms with Crippen molar-refractivity contribution in [1.82, 2.24) is 4.90 Å². The molecule has 2 aliphatic rings. The van der Waals surface area contributed by atoms with E-state index < -0.39 is 42.3 Å². The van der Waals surface area contributed by atoms with Crippen molar-refractivity contribution in [2.75, 3.05) is 20.6 Å². The number of hydrogen-bond donors (Lipinski definition) is 5. The number of carboxylic acids is 1. The number of aliphatic carboxylic acids is 1. The molecule has 1 saturated heterocycles. The molecule has 0 aromatic heterocycles. The lowest BCUT2D eigenvalue weighted by atomic mass is 9.71. The Morgan fingerprint density at radius 3 is 2.60 bits per heavy atom. The molecule has 0 radical (unpaired) electrons. The predicted molar refractivity (Wildman–Crippen MR) is 106 cm³/mol. The summed E-state index contributed by atoms with van der Waals surface area (Å²) in [6.45, 7) is 0.733. The molecule has 168 valence electrons. The first-order valence-electron chi connectivity index (χ1n) is 10.2. The van der Waals surface area contributed by atoms with Gasteiger partial charge in [0.15, 0.2) is 6.10 Å². The number of aliphatic hydroxyl groups excluding tert-OH is 3. The highest BCUT2D eigenvalue weighted by Gasteiger charge is 2.48. The molecule has 0 unspecified atom stereocenters. The van der Waals surface area contributed by atoms with Gasteiger partial charge in [-0.25, -0.2) is 4.79 Å². The van der Waals surface area contributed by atoms with Crippen molar-refractivity contribution in [1.29, 1.82) is 0 Å². The Kier molecular flexibility index (Phi) is 7.01. The quantitative estimate of drug-likeness (QED) is 0.422. The molecule has 9 heteroatoms. The molecule has 0 amide bonds. The van der Waals surface area contributed by atoms with Crippen LogP contribution >= 0.6 is 0 Å². The number of aliphatic hydroxyl groups is 4. The number of hydrogen-bond acceptors (Lipinski definition) is 8. The van der Waals surface area contributed by atoms with E-state index in [9.17, 15) is 30.3 Å². The summed E-state index contributed by atoms with van der Waals surface area (Å²) in [5.74, 6) is -1.17. The normalized spacial score (nSPS) is 37.2. The van der Waals surface area contributed by atoms with Crippen molar-refractivity contribution in [2.45, 2.75) is 62.0 Å². The van der Waals surface area contributed by atoms with E-state index >= 15 is 0 Å². The zero-order chi connectivity index (χ0) is 22.1. The summed E-state index contributed by atoms with van der Waals surface area (Å²) < 4.78 is 10.8. The summed E-state index contributed by atoms with van der Waals surface area (Å²) in [7, 11) is 3.93. The largest absolute Gasteiger partial charge is 0.479 e. The molecule has 2 fully saturated rings. The van der Waals surface area contributed by atoms with Crippen LogP contribution in [0, 0.1) is 5.92 Å². The van der Waals surface area contributed by atoms with Crippen LogP contribution in [0.2, 0.25) is 0 Å². The van der Waals surface area contributed by atoms with Crippen molar-refractivity contribution in [3.63, 3.8) is 0 Å². The van der Waals surface area contributed by atoms with Crippen LogP contribution in [-0.4, -0.2) is 87.7 Å². The van der Waals surface area contributed by atoms with Crippen LogP contribution in [0.5, 0.6) is 5.75 Å². The van der Waals surface area contributed by atoms with Crippen LogP contribution in [0.15, 0.2) is 24.3 Å². The number of benzene rings is 1. The van der Waals surface area contributed by atoms with Gasteiger partial charge in [0, 0.05) is 12.5 Å². The van der Waals surface area contributed by atoms with E-state index in [0.29, 0.717) is 12.0 Å². The van der Waals surface area contributed by atoms with Gasteiger partial charge in [-0.2, -0.15) is 0 Å². The average Bonchev–Trinajstić information content (AvgIpc) is 2.70. The van der Waals surface area contributed by atoms with E-state index in [1.165, 1.54) is 0 Å². The Morgan fingerprint density at radius 2 is 1.93 bits per heavy atom. The molecule has 1 aliphatic carbocycles. The number of ether oxygens (including phenoxy) is 2. The van der Waals surface area contributed by atoms with E-state index in [0.717, 1.165) is 25.8 Å². The lowest BCUT2D eigenvalue weighted by Gasteiger charge is -2.42. The van der Waals surface area contributed by atoms with Gasteiger partial charge in [-0.3, -0.25) is 0 Å². The molecule has 9 nitrogen and oxygen atoms in total. The monoisotopic (exact) mass is 425 g/mol. The summed E-state index contributed by atoms with van der Waals surface area (Å²) in [5.41, 5.74) is -0.361. The van der Waals surface area contributed by atoms with Crippen LogP contribution < -0.4 is 4.74 Å². The van der Waals surface area contributed by atoms with Gasteiger partial charge in [0.2, 0.25) is 6.29 Å². The highest BCUT2D eigenvalue weighted by Crippen LogP contribution is 2.43. The zero-order valence-corrected chi connectivity index (χ0v) is 17.2. The molecule has 1 aliphatic heterocycles. The number of carbonyl (C=O) groups is 1. The summed E-state index contributed by atoms with van der Waals surface area (Å²) in [6, 6.07) is 6.77. The number of nitrogens with zero attached hydrogens (tertiary/aromatic N) is 1. The second kappa shape index (κ2) is 9.17. The maximum atomic E-state index is 11.5. The Morgan fingerprint density at radius 1 is 1.20 bits per heavy atom. The fourth-order valence-electron chi connectivity index (χ4n) is 4.41. The summed E-state index contributed by atoms with van der Waals surface area (Å²) in [6.07, 6.45) is -4.91. The van der Waals surface area contributed by atoms with Crippen LogP contribution in [-0.2, 0) is 15.1 Å². The maximum Gasteiger partial charge on any atom is 0.335 e. The van der Waals surface area contributed by atoms with E-state index in [4.69, 9.17) is 9.47 Å². The Bertz CT molecular complexity index is 743. The van der Waals surface area contributed by atoms with Crippen molar-refractivity contribution < 1.29 is 39.8 Å². The minimum Gasteiger partial charge on any atom is -0.479 e. The third-order valence-corrected chi connectivity index (χ3v) is 6.02. The van der Waals surface area contributed by atoms with Gasteiger partial charge >= 0.3 is 5.97 Å². The molecule has 5 N–H and O–H groups in total. The molecule has 7 atom stereocenters. The molecule has 30 heavy (non-hydrogen) atoms. The Balaban J connectivity index is 1.82. The minimum absolute atomic E-state index is 0.0429. The van der Waals surface area contributed by atoms with Gasteiger partial charge in [0.05, 0.1) is 5.60 Å². The van der Waals surface area contributed by atoms with E-state index in [1.807, 2.05) is 25.1 Å². The van der Waals surface area contributed by atoms with Crippen molar-refractivity contribution >= 4 is 5.97 Å². The molecule has 0 bridgehead atoms. The molecular formula is C21H31NO8. The predicted octanol–water partition coefficient (Wildman–Crippen LogP) is -0.103. The third kappa shape index (κ3) is 4.61. The average molecular weight is 425 g/mol. The molecule has 1 aromatic carbocycles. The molecule has 1 aromatic rings. The zero-order valence-electron chi connectivity index (χ0n) is 17.2. The lowest BCUT2D eigenvalue weighted by molar-refractivity contribution is -0.271. The van der Waals surface area contributed by atoms with Crippen LogP contribution in [0.4, 0.5) is 0 Å². The van der Waals surface area contributed by atoms with Gasteiger partial charge in [-0.05, 0) is 44.6 Å². The van der Waals surface area contributed by atoms with Crippen LogP contribution in [0.3, 0.4) is 0 Å². The topological polar surface area (TPSA) is 140 Å². The summed E-state index contributed by atoms with van der Waals surface area (Å²) in [5, 5.41) is 50.6. The first kappa shape index (κ1) is 22.9. The van der Waals surface area contributed by atoms with Gasteiger partial charge in [-0.15, -0.1) is 0 Å². The number of rotatable bonds is 6. The molecule has 3 rings (SSSR count). The second-order valence-electron chi connectivity index (χ2n) is 8.51. The Hall–Kier alpha value is -1.75. The summed E-state index contributed by atoms with van der Waals surface area (Å²) in [4.78, 5) is 13.3. The smallest absolute Gasteiger partial charge is 0.335 e. The van der Waals surface area contributed by atoms with Gasteiger partial charge in [0.1, 0.15) is 24.1 Å². The fourth-order valence-corrected chi connectivity index (χ4v) is 4.41. The van der Waals surface area contributed by atoms with E-state index in [1.54, 1.807) is 18.2 Å². The first-order valence-corrected chi connectivity index (χ1v) is 10.2. The SMILES string of the molecule is CN(C)C[C@@H]1CCCC[C@@]1(O)c1cccc(O[C@@H]2O[C@@H](C(=O)O)[C@@H](O)[C@H](O)[C@@H]2O)c1. The highest BCUT2D eigenvalue weighted by molar-refractivity contribution is 5.73. The third-order valence-electron chi connectivity index (χ3n) is 6.02. The molecule has 0 spiro atoms. The van der Waals surface area contributed by atoms with Gasteiger partial charge in [0.25, 0.3) is 0 Å². The fraction of sp³-hybridized carbons (Fsp3) is 0.667. The van der Waals surface area contributed by atoms with Gasteiger partial charge < -0.3 is 39.9 Å². The van der Waals surface area contributed by atoms with Crippen molar-refractivity contribution in [2.24, 2.45) is 5.92 Å². The molecular weight excluding hydrogens is 394 g/mol. The van der Waals surface area contributed by atoms with Gasteiger partial charge in [-0.1, -0.05) is 25.0 Å². The first-order chi connectivity index (χ1) is 14.1. The van der Waals surface area contributed by atoms with E-state index in [-0.39, 0.29) is 11.7 Å².